The Bertz CT molecular complexity index is 1020. The number of furan rings is 1. The largest absolute Gasteiger partial charge is 0.444 e. The summed E-state index contributed by atoms with van der Waals surface area (Å²) in [6.45, 7) is 3.64. The SMILES string of the molecule is Cc1cc(Oc2ncccc2C#N)ccc1NC(=O)c1oc(Br)cc1C. The number of aromatic nitrogens is 1. The second kappa shape index (κ2) is 7.42. The first kappa shape index (κ1) is 17.7. The molecule has 3 aromatic rings. The lowest BCUT2D eigenvalue weighted by atomic mass is 10.2. The Morgan fingerprint density at radius 2 is 2.08 bits per heavy atom. The van der Waals surface area contributed by atoms with Gasteiger partial charge in [0.1, 0.15) is 17.4 Å². The number of pyridine rings is 1. The van der Waals surface area contributed by atoms with Gasteiger partial charge >= 0.3 is 0 Å². The first-order valence-corrected chi connectivity index (χ1v) is 8.48. The van der Waals surface area contributed by atoms with Crippen LogP contribution in [0, 0.1) is 25.2 Å². The average molecular weight is 412 g/mol. The zero-order valence-electron chi connectivity index (χ0n) is 14.0. The van der Waals surface area contributed by atoms with Gasteiger partial charge in [-0.05, 0) is 71.7 Å². The van der Waals surface area contributed by atoms with Gasteiger partial charge in [-0.3, -0.25) is 4.79 Å². The molecule has 7 heteroatoms. The molecule has 130 valence electrons. The third kappa shape index (κ3) is 3.76. The molecule has 0 aliphatic heterocycles. The van der Waals surface area contributed by atoms with E-state index in [2.05, 4.69) is 26.2 Å². The van der Waals surface area contributed by atoms with E-state index in [1.807, 2.05) is 13.0 Å². The molecule has 2 heterocycles. The highest BCUT2D eigenvalue weighted by Crippen LogP contribution is 2.27. The van der Waals surface area contributed by atoms with Crippen LogP contribution in [0.1, 0.15) is 27.2 Å². The molecule has 0 saturated heterocycles. The average Bonchev–Trinajstić information content (AvgIpc) is 2.96. The molecule has 1 N–H and O–H groups in total. The first-order chi connectivity index (χ1) is 12.5. The van der Waals surface area contributed by atoms with Crippen molar-refractivity contribution in [3.05, 3.63) is 69.7 Å². The van der Waals surface area contributed by atoms with Gasteiger partial charge in [0.15, 0.2) is 10.4 Å². The monoisotopic (exact) mass is 411 g/mol. The van der Waals surface area contributed by atoms with E-state index in [0.29, 0.717) is 21.7 Å². The van der Waals surface area contributed by atoms with Crippen LogP contribution < -0.4 is 10.1 Å². The molecule has 0 saturated carbocycles. The van der Waals surface area contributed by atoms with Gasteiger partial charge in [-0.15, -0.1) is 0 Å². The number of carbonyl (C=O) groups excluding carboxylic acids is 1. The van der Waals surface area contributed by atoms with Gasteiger partial charge in [-0.1, -0.05) is 0 Å². The number of nitrogens with zero attached hydrogens (tertiary/aromatic N) is 2. The Labute approximate surface area is 158 Å². The number of nitrogens with one attached hydrogen (secondary N) is 1. The van der Waals surface area contributed by atoms with E-state index >= 15 is 0 Å². The molecule has 0 aliphatic rings. The highest BCUT2D eigenvalue weighted by Gasteiger charge is 2.16. The van der Waals surface area contributed by atoms with Crippen LogP contribution in [0.5, 0.6) is 11.6 Å². The van der Waals surface area contributed by atoms with Crippen molar-refractivity contribution in [2.24, 2.45) is 0 Å². The van der Waals surface area contributed by atoms with E-state index in [-0.39, 0.29) is 17.5 Å². The minimum absolute atomic E-state index is 0.238. The van der Waals surface area contributed by atoms with Gasteiger partial charge in [0.25, 0.3) is 5.91 Å². The van der Waals surface area contributed by atoms with Crippen LogP contribution in [0.3, 0.4) is 0 Å². The van der Waals surface area contributed by atoms with Crippen LogP contribution >= 0.6 is 15.9 Å². The van der Waals surface area contributed by atoms with Gasteiger partial charge in [0, 0.05) is 17.4 Å². The topological polar surface area (TPSA) is 88.1 Å². The predicted molar refractivity (Wildman–Crippen MR) is 99.3 cm³/mol. The van der Waals surface area contributed by atoms with E-state index in [9.17, 15) is 4.79 Å². The maximum Gasteiger partial charge on any atom is 0.291 e. The van der Waals surface area contributed by atoms with Crippen LogP contribution in [0.2, 0.25) is 0 Å². The second-order valence-electron chi connectivity index (χ2n) is 5.56. The first-order valence-electron chi connectivity index (χ1n) is 7.69. The van der Waals surface area contributed by atoms with E-state index in [1.165, 1.54) is 0 Å². The van der Waals surface area contributed by atoms with Crippen molar-refractivity contribution in [3.63, 3.8) is 0 Å². The number of halogens is 1. The lowest BCUT2D eigenvalue weighted by Crippen LogP contribution is -2.13. The molecule has 0 aliphatic carbocycles. The number of nitriles is 1. The van der Waals surface area contributed by atoms with Gasteiger partial charge in [0.05, 0.1) is 0 Å². The molecule has 26 heavy (non-hydrogen) atoms. The Morgan fingerprint density at radius 3 is 2.73 bits per heavy atom. The van der Waals surface area contributed by atoms with Crippen LogP contribution in [-0.2, 0) is 0 Å². The van der Waals surface area contributed by atoms with Crippen molar-refractivity contribution >= 4 is 27.5 Å². The number of carbonyl (C=O) groups is 1. The van der Waals surface area contributed by atoms with Gasteiger partial charge in [0.2, 0.25) is 5.88 Å². The van der Waals surface area contributed by atoms with Crippen LogP contribution in [-0.4, -0.2) is 10.9 Å². The number of rotatable bonds is 4. The summed E-state index contributed by atoms with van der Waals surface area (Å²) in [7, 11) is 0. The molecule has 2 aromatic heterocycles. The van der Waals surface area contributed by atoms with E-state index < -0.39 is 0 Å². The molecule has 0 spiro atoms. The summed E-state index contributed by atoms with van der Waals surface area (Å²) in [6.07, 6.45) is 1.56. The van der Waals surface area contributed by atoms with E-state index in [0.717, 1.165) is 11.1 Å². The van der Waals surface area contributed by atoms with Crippen molar-refractivity contribution in [3.8, 4) is 17.7 Å². The minimum atomic E-state index is -0.332. The zero-order chi connectivity index (χ0) is 18.7. The van der Waals surface area contributed by atoms with Crippen LogP contribution in [0.15, 0.2) is 51.7 Å². The van der Waals surface area contributed by atoms with Gasteiger partial charge in [-0.2, -0.15) is 5.26 Å². The highest BCUT2D eigenvalue weighted by atomic mass is 79.9. The van der Waals surface area contributed by atoms with Gasteiger partial charge < -0.3 is 14.5 Å². The summed E-state index contributed by atoms with van der Waals surface area (Å²) in [5, 5.41) is 11.9. The smallest absolute Gasteiger partial charge is 0.291 e. The summed E-state index contributed by atoms with van der Waals surface area (Å²) in [5.41, 5.74) is 2.52. The zero-order valence-corrected chi connectivity index (χ0v) is 15.6. The Hall–Kier alpha value is -3.11. The third-order valence-corrected chi connectivity index (χ3v) is 4.04. The third-order valence-electron chi connectivity index (χ3n) is 3.65. The summed E-state index contributed by atoms with van der Waals surface area (Å²) in [5.74, 6) is 0.681. The summed E-state index contributed by atoms with van der Waals surface area (Å²) in [6, 6.07) is 12.3. The Balaban J connectivity index is 1.78. The molecule has 0 fully saturated rings. The maximum absolute atomic E-state index is 12.4. The van der Waals surface area contributed by atoms with Crippen molar-refractivity contribution in [1.29, 1.82) is 5.26 Å². The molecule has 1 amide bonds. The quantitative estimate of drug-likeness (QED) is 0.654. The van der Waals surface area contributed by atoms with Crippen molar-refractivity contribution in [2.45, 2.75) is 13.8 Å². The number of hydrogen-bond donors (Lipinski definition) is 1. The van der Waals surface area contributed by atoms with E-state index in [4.69, 9.17) is 14.4 Å². The van der Waals surface area contributed by atoms with Crippen LogP contribution in [0.25, 0.3) is 0 Å². The summed E-state index contributed by atoms with van der Waals surface area (Å²) < 4.78 is 11.5. The Morgan fingerprint density at radius 1 is 1.27 bits per heavy atom. The summed E-state index contributed by atoms with van der Waals surface area (Å²) >= 11 is 3.21. The molecule has 1 aromatic carbocycles. The molecule has 6 nitrogen and oxygen atoms in total. The van der Waals surface area contributed by atoms with Crippen molar-refractivity contribution in [1.82, 2.24) is 4.98 Å². The highest BCUT2D eigenvalue weighted by molar-refractivity contribution is 9.10. The molecule has 3 rings (SSSR count). The molecular weight excluding hydrogens is 398 g/mol. The molecular formula is C19H14BrN3O3. The normalized spacial score (nSPS) is 10.2. The fraction of sp³-hybridized carbons (Fsp3) is 0.105. The van der Waals surface area contributed by atoms with Crippen molar-refractivity contribution < 1.29 is 13.9 Å². The maximum atomic E-state index is 12.4. The number of anilines is 1. The van der Waals surface area contributed by atoms with E-state index in [1.54, 1.807) is 49.5 Å². The van der Waals surface area contributed by atoms with Crippen LogP contribution in [0.4, 0.5) is 5.69 Å². The fourth-order valence-electron chi connectivity index (χ4n) is 2.36. The molecule has 0 unspecified atom stereocenters. The molecule has 0 atom stereocenters. The molecule has 0 radical (unpaired) electrons. The fourth-order valence-corrected chi connectivity index (χ4v) is 2.86. The van der Waals surface area contributed by atoms with Crippen molar-refractivity contribution in [2.75, 3.05) is 5.32 Å². The number of ether oxygens (including phenoxy) is 1. The molecule has 0 bridgehead atoms. The lowest BCUT2D eigenvalue weighted by molar-refractivity contribution is 0.0994. The lowest BCUT2D eigenvalue weighted by Gasteiger charge is -2.11. The number of hydrogen-bond acceptors (Lipinski definition) is 5. The predicted octanol–water partition coefficient (Wildman–Crippen LogP) is 4.97. The number of aryl methyl sites for hydroxylation is 2. The second-order valence-corrected chi connectivity index (χ2v) is 6.35. The number of amides is 1. The van der Waals surface area contributed by atoms with Gasteiger partial charge in [-0.25, -0.2) is 4.98 Å². The Kier molecular flexibility index (Phi) is 5.05. The number of benzene rings is 1. The summed E-state index contributed by atoms with van der Waals surface area (Å²) in [4.78, 5) is 16.4. The standard InChI is InChI=1S/C19H14BrN3O3/c1-11-8-14(25-19-13(10-21)4-3-7-22-19)5-6-15(11)23-18(24)17-12(2)9-16(20)26-17/h3-9H,1-2H3,(H,23,24). The minimum Gasteiger partial charge on any atom is -0.444 e.